The van der Waals surface area contributed by atoms with Gasteiger partial charge in [-0.25, -0.2) is 22.2 Å². The van der Waals surface area contributed by atoms with Crippen molar-refractivity contribution in [3.05, 3.63) is 54.1 Å². The van der Waals surface area contributed by atoms with Crippen molar-refractivity contribution in [3.63, 3.8) is 0 Å². The summed E-state index contributed by atoms with van der Waals surface area (Å²) in [6.07, 6.45) is 1.55. The Morgan fingerprint density at radius 3 is 2.50 bits per heavy atom. The predicted octanol–water partition coefficient (Wildman–Crippen LogP) is 4.20. The highest BCUT2D eigenvalue weighted by Crippen LogP contribution is 2.30. The van der Waals surface area contributed by atoms with E-state index in [-0.39, 0.29) is 41.3 Å². The molecular weight excluding hydrogens is 458 g/mol. The van der Waals surface area contributed by atoms with Gasteiger partial charge >= 0.3 is 0 Å². The van der Waals surface area contributed by atoms with Gasteiger partial charge in [-0.3, -0.25) is 4.79 Å². The number of ether oxygens (including phenoxy) is 1. The molecule has 6 nitrogen and oxygen atoms in total. The monoisotopic (exact) mass is 480 g/mol. The van der Waals surface area contributed by atoms with E-state index in [9.17, 15) is 22.0 Å². The molecule has 2 heterocycles. The molecule has 0 radical (unpaired) electrons. The van der Waals surface area contributed by atoms with Crippen molar-refractivity contribution in [3.8, 4) is 5.19 Å². The van der Waals surface area contributed by atoms with Gasteiger partial charge in [0.2, 0.25) is 5.91 Å². The number of aromatic nitrogens is 1. The lowest BCUT2D eigenvalue weighted by atomic mass is 10.1. The number of carbonyl (C=O) groups excluding carboxylic acids is 1. The Morgan fingerprint density at radius 2 is 1.78 bits per heavy atom. The molecule has 32 heavy (non-hydrogen) atoms. The second kappa shape index (κ2) is 9.50. The van der Waals surface area contributed by atoms with Gasteiger partial charge in [0.25, 0.3) is 5.19 Å². The minimum Gasteiger partial charge on any atom is -0.467 e. The number of thiazole rings is 1. The molecule has 1 aliphatic heterocycles. The van der Waals surface area contributed by atoms with Crippen LogP contribution in [0.3, 0.4) is 0 Å². The molecule has 2 aromatic carbocycles. The number of hydrogen-bond acceptors (Lipinski definition) is 6. The zero-order valence-corrected chi connectivity index (χ0v) is 18.8. The van der Waals surface area contributed by atoms with Crippen LogP contribution in [0.4, 0.5) is 8.78 Å². The fraction of sp³-hybridized carbons (Fsp3) is 0.364. The Balaban J connectivity index is 1.23. The van der Waals surface area contributed by atoms with Crippen LogP contribution in [0.2, 0.25) is 0 Å². The van der Waals surface area contributed by atoms with Gasteiger partial charge in [-0.1, -0.05) is 11.3 Å². The van der Waals surface area contributed by atoms with Crippen molar-refractivity contribution >= 4 is 37.3 Å². The first-order chi connectivity index (χ1) is 15.3. The van der Waals surface area contributed by atoms with Crippen molar-refractivity contribution < 1.29 is 26.7 Å². The second-order valence-electron chi connectivity index (χ2n) is 7.67. The van der Waals surface area contributed by atoms with E-state index in [4.69, 9.17) is 4.74 Å². The summed E-state index contributed by atoms with van der Waals surface area (Å²) in [6, 6.07) is 9.09. The van der Waals surface area contributed by atoms with Gasteiger partial charge in [0.15, 0.2) is 9.84 Å². The number of amides is 1. The number of nitrogens with zero attached hydrogens (tertiary/aromatic N) is 2. The zero-order chi connectivity index (χ0) is 22.7. The number of fused-ring (bicyclic) bond motifs is 1. The standard InChI is InChI=1S/C22H22F2N2O4S2/c23-15-3-6-18(7-4-15)32(28,29)13-1-2-21(27)26-11-9-17(10-12-26)30-22-25-19-8-5-16(24)14-20(19)31-22/h3-8,14,17H,1-2,9-13H2. The molecule has 0 spiro atoms. The molecule has 170 valence electrons. The Kier molecular flexibility index (Phi) is 6.71. The average Bonchev–Trinajstić information content (AvgIpc) is 3.15. The lowest BCUT2D eigenvalue weighted by Crippen LogP contribution is -2.41. The Labute approximate surface area is 188 Å². The van der Waals surface area contributed by atoms with E-state index in [0.29, 0.717) is 36.6 Å². The van der Waals surface area contributed by atoms with Gasteiger partial charge in [-0.05, 0) is 48.9 Å². The van der Waals surface area contributed by atoms with Gasteiger partial charge in [0, 0.05) is 32.4 Å². The summed E-state index contributed by atoms with van der Waals surface area (Å²) >= 11 is 1.29. The lowest BCUT2D eigenvalue weighted by Gasteiger charge is -2.31. The van der Waals surface area contributed by atoms with Crippen LogP contribution >= 0.6 is 11.3 Å². The number of halogens is 2. The predicted molar refractivity (Wildman–Crippen MR) is 117 cm³/mol. The summed E-state index contributed by atoms with van der Waals surface area (Å²) in [5.41, 5.74) is 0.689. The van der Waals surface area contributed by atoms with Gasteiger partial charge in [-0.15, -0.1) is 0 Å². The third-order valence-electron chi connectivity index (χ3n) is 5.37. The van der Waals surface area contributed by atoms with E-state index >= 15 is 0 Å². The SMILES string of the molecule is O=C(CCCS(=O)(=O)c1ccc(F)cc1)N1CCC(Oc2nc3ccc(F)cc3s2)CC1. The number of sulfone groups is 1. The minimum absolute atomic E-state index is 0.0573. The second-order valence-corrected chi connectivity index (χ2v) is 10.8. The molecule has 0 bridgehead atoms. The first-order valence-electron chi connectivity index (χ1n) is 10.3. The van der Waals surface area contributed by atoms with Crippen LogP contribution in [0.5, 0.6) is 5.19 Å². The summed E-state index contributed by atoms with van der Waals surface area (Å²) in [5.74, 6) is -1.07. The topological polar surface area (TPSA) is 76.6 Å². The number of rotatable bonds is 7. The number of carbonyl (C=O) groups is 1. The van der Waals surface area contributed by atoms with Gasteiger partial charge in [-0.2, -0.15) is 0 Å². The molecule has 0 atom stereocenters. The van der Waals surface area contributed by atoms with Gasteiger partial charge < -0.3 is 9.64 Å². The smallest absolute Gasteiger partial charge is 0.274 e. The Hall–Kier alpha value is -2.59. The van der Waals surface area contributed by atoms with Crippen LogP contribution in [-0.4, -0.2) is 49.2 Å². The molecule has 0 aliphatic carbocycles. The average molecular weight is 481 g/mol. The zero-order valence-electron chi connectivity index (χ0n) is 17.2. The van der Waals surface area contributed by atoms with Crippen LogP contribution in [-0.2, 0) is 14.6 Å². The van der Waals surface area contributed by atoms with Crippen LogP contribution in [0, 0.1) is 11.6 Å². The summed E-state index contributed by atoms with van der Waals surface area (Å²) < 4.78 is 57.6. The summed E-state index contributed by atoms with van der Waals surface area (Å²) in [6.45, 7) is 1.04. The fourth-order valence-electron chi connectivity index (χ4n) is 3.62. The van der Waals surface area contributed by atoms with Crippen LogP contribution in [0.1, 0.15) is 25.7 Å². The van der Waals surface area contributed by atoms with Crippen LogP contribution in [0.15, 0.2) is 47.4 Å². The van der Waals surface area contributed by atoms with Crippen molar-refractivity contribution in [1.29, 1.82) is 0 Å². The molecule has 1 amide bonds. The molecule has 1 fully saturated rings. The van der Waals surface area contributed by atoms with Gasteiger partial charge in [0.05, 0.1) is 20.9 Å². The van der Waals surface area contributed by atoms with E-state index in [2.05, 4.69) is 4.98 Å². The first-order valence-corrected chi connectivity index (χ1v) is 12.8. The Bertz CT molecular complexity index is 1200. The van der Waals surface area contributed by atoms with Crippen LogP contribution < -0.4 is 4.74 Å². The van der Waals surface area contributed by atoms with E-state index in [1.807, 2.05) is 0 Å². The number of benzene rings is 2. The maximum Gasteiger partial charge on any atom is 0.274 e. The number of hydrogen-bond donors (Lipinski definition) is 0. The molecule has 10 heteroatoms. The summed E-state index contributed by atoms with van der Waals surface area (Å²) in [7, 11) is -3.55. The number of likely N-dealkylation sites (tertiary alicyclic amines) is 1. The van der Waals surface area contributed by atoms with Crippen molar-refractivity contribution in [2.45, 2.75) is 36.7 Å². The van der Waals surface area contributed by atoms with Crippen LogP contribution in [0.25, 0.3) is 10.2 Å². The Morgan fingerprint density at radius 1 is 1.09 bits per heavy atom. The third kappa shape index (κ3) is 5.42. The summed E-state index contributed by atoms with van der Waals surface area (Å²) in [5, 5.41) is 0.487. The normalized spacial score (nSPS) is 15.2. The minimum atomic E-state index is -3.55. The lowest BCUT2D eigenvalue weighted by molar-refractivity contribution is -0.133. The molecule has 0 N–H and O–H groups in total. The van der Waals surface area contributed by atoms with E-state index in [1.165, 1.54) is 35.6 Å². The summed E-state index contributed by atoms with van der Waals surface area (Å²) in [4.78, 5) is 18.6. The molecular formula is C22H22F2N2O4S2. The van der Waals surface area contributed by atoms with E-state index < -0.39 is 15.7 Å². The highest BCUT2D eigenvalue weighted by molar-refractivity contribution is 7.91. The fourth-order valence-corrected chi connectivity index (χ4v) is 5.84. The van der Waals surface area contributed by atoms with Crippen molar-refractivity contribution in [2.75, 3.05) is 18.8 Å². The molecule has 1 saturated heterocycles. The molecule has 1 aromatic heterocycles. The van der Waals surface area contributed by atoms with Crippen molar-refractivity contribution in [1.82, 2.24) is 9.88 Å². The third-order valence-corrected chi connectivity index (χ3v) is 8.10. The van der Waals surface area contributed by atoms with Crippen molar-refractivity contribution in [2.24, 2.45) is 0 Å². The quantitative estimate of drug-likeness (QED) is 0.474. The van der Waals surface area contributed by atoms with E-state index in [1.54, 1.807) is 11.0 Å². The molecule has 3 aromatic rings. The van der Waals surface area contributed by atoms with Gasteiger partial charge in [0.1, 0.15) is 17.7 Å². The molecule has 0 saturated carbocycles. The maximum absolute atomic E-state index is 13.3. The first kappa shape index (κ1) is 22.6. The molecule has 1 aliphatic rings. The molecule has 0 unspecified atom stereocenters. The largest absolute Gasteiger partial charge is 0.467 e. The molecule has 4 rings (SSSR count). The van der Waals surface area contributed by atoms with E-state index in [0.717, 1.165) is 16.8 Å². The highest BCUT2D eigenvalue weighted by atomic mass is 32.2. The number of piperidine rings is 1. The highest BCUT2D eigenvalue weighted by Gasteiger charge is 2.25. The maximum atomic E-state index is 13.3.